The van der Waals surface area contributed by atoms with E-state index in [9.17, 15) is 106 Å². The van der Waals surface area contributed by atoms with Crippen molar-refractivity contribution in [1.82, 2.24) is 16.0 Å². The molecule has 4 aliphatic rings. The van der Waals surface area contributed by atoms with Gasteiger partial charge in [-0.2, -0.15) is 0 Å². The summed E-state index contributed by atoms with van der Waals surface area (Å²) in [7, 11) is 0. The fraction of sp³-hybridized carbons (Fsp3) is 0.882. The number of ether oxygens (including phenoxy) is 8. The Morgan fingerprint density at radius 2 is 0.935 bits per heavy atom. The molecule has 0 aromatic rings. The SMILES string of the molecule is CCCCCCCCC=CCCCCCCCCCCCCCC(=O)N[C@@H](CO[C@@H]1O[C@H](CO)[C@@H](O[C@@H]2O[C@H](CO)[C@H](O)[C@H](O[C@]3(C(=O)O)C[C@H](O)[C@@H](NC(C)=O)C([C@H](O)[C@@H](CO)O[C@]4(C(=O)O)C[C@H](O)[C@@H](NC(C)=O)C([C@H](O)[C@H](O)CO)O4)O3)[C@H]2O)[C@H](O)[C@H]1O)[C@H](O)C=CCCCCCCCCCCCCC. The fourth-order valence-corrected chi connectivity index (χ4v) is 14.3. The maximum absolute atomic E-state index is 13.6. The van der Waals surface area contributed by atoms with Crippen LogP contribution in [0.2, 0.25) is 0 Å². The van der Waals surface area contributed by atoms with Gasteiger partial charge in [0, 0.05) is 33.1 Å². The zero-order chi connectivity index (χ0) is 79.8. The predicted octanol–water partition coefficient (Wildman–Crippen LogP) is 2.46. The fourth-order valence-electron chi connectivity index (χ4n) is 14.3. The van der Waals surface area contributed by atoms with E-state index in [0.29, 0.717) is 12.8 Å². The number of hydrogen-bond acceptors (Lipinski definition) is 27. The summed E-state index contributed by atoms with van der Waals surface area (Å²) in [4.78, 5) is 65.1. The maximum Gasteiger partial charge on any atom is 0.364 e. The molecule has 0 saturated carbocycles. The van der Waals surface area contributed by atoms with Crippen molar-refractivity contribution in [2.24, 2.45) is 0 Å². The summed E-state index contributed by atoms with van der Waals surface area (Å²) >= 11 is 0. The van der Waals surface area contributed by atoms with Crippen LogP contribution in [0.1, 0.15) is 246 Å². The predicted molar refractivity (Wildman–Crippen MR) is 391 cm³/mol. The molecule has 628 valence electrons. The molecule has 32 heteroatoms. The lowest BCUT2D eigenvalue weighted by molar-refractivity contribution is -0.388. The average molecular weight is 1550 g/mol. The van der Waals surface area contributed by atoms with E-state index < -0.39 is 216 Å². The third-order valence-corrected chi connectivity index (χ3v) is 20.6. The van der Waals surface area contributed by atoms with Crippen LogP contribution in [0.15, 0.2) is 24.3 Å². The van der Waals surface area contributed by atoms with Crippen molar-refractivity contribution in [3.8, 4) is 0 Å². The van der Waals surface area contributed by atoms with E-state index in [1.807, 2.05) is 6.08 Å². The number of carboxylic acids is 2. The van der Waals surface area contributed by atoms with E-state index in [0.717, 1.165) is 78.1 Å². The molecule has 108 heavy (non-hydrogen) atoms. The smallest absolute Gasteiger partial charge is 0.364 e. The molecule has 0 aromatic carbocycles. The molecule has 4 aliphatic heterocycles. The van der Waals surface area contributed by atoms with E-state index >= 15 is 0 Å². The lowest BCUT2D eigenvalue weighted by Crippen LogP contribution is -2.72. The van der Waals surface area contributed by atoms with Crippen LogP contribution in [0.5, 0.6) is 0 Å². The molecule has 4 heterocycles. The highest BCUT2D eigenvalue weighted by molar-refractivity contribution is 5.78. The number of aliphatic carboxylic acids is 2. The number of nitrogens with one attached hydrogen (secondary N) is 3. The van der Waals surface area contributed by atoms with E-state index in [1.165, 1.54) is 122 Å². The van der Waals surface area contributed by atoms with Crippen LogP contribution < -0.4 is 16.0 Å². The zero-order valence-corrected chi connectivity index (χ0v) is 64.1. The van der Waals surface area contributed by atoms with Gasteiger partial charge >= 0.3 is 11.9 Å². The van der Waals surface area contributed by atoms with E-state index in [4.69, 9.17) is 37.9 Å². The largest absolute Gasteiger partial charge is 0.477 e. The molecule has 3 amide bonds. The molecule has 0 spiro atoms. The van der Waals surface area contributed by atoms with E-state index in [-0.39, 0.29) is 12.3 Å². The van der Waals surface area contributed by atoms with Crippen molar-refractivity contribution < 1.29 is 144 Å². The Morgan fingerprint density at radius 1 is 0.500 bits per heavy atom. The second kappa shape index (κ2) is 52.4. The summed E-state index contributed by atoms with van der Waals surface area (Å²) in [6, 6.07) is -4.73. The Labute approximate surface area is 636 Å². The molecular weight excluding hydrogens is 1420 g/mol. The highest BCUT2D eigenvalue weighted by Gasteiger charge is 2.62. The molecule has 0 radical (unpaired) electrons. The van der Waals surface area contributed by atoms with Gasteiger partial charge in [0.15, 0.2) is 12.6 Å². The molecule has 4 rings (SSSR count). The molecule has 4 saturated heterocycles. The third kappa shape index (κ3) is 31.7. The van der Waals surface area contributed by atoms with E-state index in [2.05, 4.69) is 41.9 Å². The van der Waals surface area contributed by atoms with Crippen LogP contribution in [-0.2, 0) is 61.9 Å². The topological polar surface area (TPSA) is 519 Å². The summed E-state index contributed by atoms with van der Waals surface area (Å²) in [5.41, 5.74) is 0. The summed E-state index contributed by atoms with van der Waals surface area (Å²) in [6.07, 6.45) is 1.06. The molecular formula is C76H135N3O29. The summed E-state index contributed by atoms with van der Waals surface area (Å²) < 4.78 is 46.5. The highest BCUT2D eigenvalue weighted by atomic mass is 16.8. The van der Waals surface area contributed by atoms with Gasteiger partial charge in [-0.25, -0.2) is 9.59 Å². The van der Waals surface area contributed by atoms with Gasteiger partial charge in [0.2, 0.25) is 17.7 Å². The number of unbranched alkanes of at least 4 members (excludes halogenated alkanes) is 28. The number of carboxylic acid groups (broad SMARTS) is 2. The van der Waals surface area contributed by atoms with Crippen LogP contribution in [0.3, 0.4) is 0 Å². The number of hydrogen-bond donors (Lipinski definition) is 19. The summed E-state index contributed by atoms with van der Waals surface area (Å²) in [6.45, 7) is 1.12. The second-order valence-electron chi connectivity index (χ2n) is 29.6. The Kier molecular flexibility index (Phi) is 46.7. The Morgan fingerprint density at radius 3 is 1.39 bits per heavy atom. The van der Waals surface area contributed by atoms with Gasteiger partial charge in [0.25, 0.3) is 11.6 Å². The lowest BCUT2D eigenvalue weighted by Gasteiger charge is -2.51. The molecule has 2 unspecified atom stereocenters. The minimum Gasteiger partial charge on any atom is -0.477 e. The van der Waals surface area contributed by atoms with Crippen LogP contribution in [0.25, 0.3) is 0 Å². The zero-order valence-electron chi connectivity index (χ0n) is 64.1. The van der Waals surface area contributed by atoms with Gasteiger partial charge in [-0.1, -0.05) is 192 Å². The molecule has 0 aromatic heterocycles. The van der Waals surface area contributed by atoms with Crippen LogP contribution in [-0.4, -0.2) is 290 Å². The number of rotatable bonds is 57. The maximum atomic E-state index is 13.6. The standard InChI is InChI=1S/C76H135N3O29/c1-5-7-9-11-13-15-17-19-20-21-22-23-24-25-26-28-30-32-34-36-38-40-58(90)79-50(51(86)39-37-35-33-31-29-27-18-16-14-12-10-8-6-2)47-101-71-65(95)64(94)67(57(46-83)103-71)104-72-66(96)70(62(92)55(44-81)102-72)108-76(74(99)100)42-53(88)60(78-49(4)85)69(107-76)63(93)56(45-82)105-75(73(97)98)41-52(87)59(77-48(3)84)68(106-75)61(91)54(89)43-80/h19-20,37,39,50-57,59-72,80-83,86-89,91-96H,5-18,21-36,38,40-47H2,1-4H3,(H,77,84)(H,78,85)(H,79,90)(H,97,98)(H,99,100)/t50-,51+,52-,53-,54+,55+,56+,57+,59+,60+,61+,62-,63+,64+,65+,66+,67+,68?,69?,70-,71+,72-,75+,76-/m0/s1. The Balaban J connectivity index is 1.45. The quantitative estimate of drug-likeness (QED) is 0.0307. The monoisotopic (exact) mass is 1550 g/mol. The number of aliphatic hydroxyl groups excluding tert-OH is 14. The van der Waals surface area contributed by atoms with Crippen LogP contribution in [0.4, 0.5) is 0 Å². The molecule has 4 fully saturated rings. The molecule has 0 aliphatic carbocycles. The summed E-state index contributed by atoms with van der Waals surface area (Å²) in [5.74, 6) is -13.1. The van der Waals surface area contributed by atoms with Gasteiger partial charge in [0.1, 0.15) is 85.5 Å². The number of carbonyl (C=O) groups is 5. The first-order valence-electron chi connectivity index (χ1n) is 39.9. The minimum atomic E-state index is -3.39. The molecule has 19 N–H and O–H groups in total. The first kappa shape index (κ1) is 96.3. The van der Waals surface area contributed by atoms with Crippen molar-refractivity contribution in [2.75, 3.05) is 33.0 Å². The van der Waals surface area contributed by atoms with Crippen molar-refractivity contribution in [2.45, 2.75) is 392 Å². The Hall–Kier alpha value is -4.05. The minimum absolute atomic E-state index is 0.151. The molecule has 32 nitrogen and oxygen atoms in total. The number of carbonyl (C=O) groups excluding carboxylic acids is 3. The second-order valence-corrected chi connectivity index (χ2v) is 29.6. The Bertz CT molecular complexity index is 2560. The highest BCUT2D eigenvalue weighted by Crippen LogP contribution is 2.41. The molecule has 0 bridgehead atoms. The third-order valence-electron chi connectivity index (χ3n) is 20.6. The number of aliphatic hydroxyl groups is 14. The van der Waals surface area contributed by atoms with Crippen molar-refractivity contribution >= 4 is 29.7 Å². The van der Waals surface area contributed by atoms with Crippen LogP contribution in [0, 0.1) is 0 Å². The number of allylic oxidation sites excluding steroid dienone is 3. The van der Waals surface area contributed by atoms with Gasteiger partial charge in [0.05, 0.1) is 69.5 Å². The van der Waals surface area contributed by atoms with Crippen molar-refractivity contribution in [3.63, 3.8) is 0 Å². The van der Waals surface area contributed by atoms with Gasteiger partial charge in [-0.3, -0.25) is 14.4 Å². The van der Waals surface area contributed by atoms with Gasteiger partial charge in [-0.05, 0) is 44.9 Å². The van der Waals surface area contributed by atoms with Crippen molar-refractivity contribution in [3.05, 3.63) is 24.3 Å². The van der Waals surface area contributed by atoms with Gasteiger partial charge in [-0.15, -0.1) is 0 Å². The molecule has 24 atom stereocenters. The van der Waals surface area contributed by atoms with Gasteiger partial charge < -0.3 is 136 Å². The number of amides is 3. The van der Waals surface area contributed by atoms with E-state index in [1.54, 1.807) is 6.08 Å². The normalized spacial score (nSPS) is 30.7. The van der Waals surface area contributed by atoms with Crippen molar-refractivity contribution in [1.29, 1.82) is 0 Å². The first-order chi connectivity index (χ1) is 51.7. The first-order valence-corrected chi connectivity index (χ1v) is 39.9. The summed E-state index contributed by atoms with van der Waals surface area (Å²) in [5, 5.41) is 185. The van der Waals surface area contributed by atoms with Crippen LogP contribution >= 0.6 is 0 Å². The lowest BCUT2D eigenvalue weighted by atomic mass is 9.87. The average Bonchev–Trinajstić information content (AvgIpc) is 0.758.